The molecule has 0 saturated carbocycles. The molecular formula is C26H38N4O4. The number of carbonyl (C=O) groups is 3. The predicted octanol–water partition coefficient (Wildman–Crippen LogP) is 3.31. The largest absolute Gasteiger partial charge is 0.354 e. The SMILES string of the molecule is CC(C)CC(CC(=O)NO)C(=O)N[C@H]1Cc2cn(c3ccccc23)CCCCCCCNC1=O. The van der Waals surface area contributed by atoms with Gasteiger partial charge < -0.3 is 15.2 Å². The number of para-hydroxylation sites is 1. The van der Waals surface area contributed by atoms with Crippen molar-refractivity contribution in [2.45, 2.75) is 77.8 Å². The number of aromatic nitrogens is 1. The van der Waals surface area contributed by atoms with Gasteiger partial charge >= 0.3 is 0 Å². The summed E-state index contributed by atoms with van der Waals surface area (Å²) < 4.78 is 2.25. The monoisotopic (exact) mass is 470 g/mol. The van der Waals surface area contributed by atoms with E-state index in [-0.39, 0.29) is 24.2 Å². The van der Waals surface area contributed by atoms with Crippen molar-refractivity contribution >= 4 is 28.6 Å². The minimum Gasteiger partial charge on any atom is -0.354 e. The molecule has 2 heterocycles. The third kappa shape index (κ3) is 7.06. The maximum Gasteiger partial charge on any atom is 0.244 e. The molecule has 34 heavy (non-hydrogen) atoms. The Morgan fingerprint density at radius 2 is 1.88 bits per heavy atom. The van der Waals surface area contributed by atoms with Gasteiger partial charge in [0, 0.05) is 48.9 Å². The molecule has 1 unspecified atom stereocenters. The lowest BCUT2D eigenvalue weighted by molar-refractivity contribution is -0.136. The van der Waals surface area contributed by atoms with E-state index in [1.54, 1.807) is 5.48 Å². The first-order valence-corrected chi connectivity index (χ1v) is 12.5. The molecule has 0 spiro atoms. The highest BCUT2D eigenvalue weighted by molar-refractivity contribution is 5.91. The number of carbonyl (C=O) groups excluding carboxylic acids is 3. The molecule has 8 heteroatoms. The molecule has 0 fully saturated rings. The van der Waals surface area contributed by atoms with Crippen LogP contribution in [0.4, 0.5) is 0 Å². The summed E-state index contributed by atoms with van der Waals surface area (Å²) in [5, 5.41) is 15.9. The first-order valence-electron chi connectivity index (χ1n) is 12.5. The van der Waals surface area contributed by atoms with Gasteiger partial charge in [-0.15, -0.1) is 0 Å². The summed E-state index contributed by atoms with van der Waals surface area (Å²) in [4.78, 5) is 38.1. The van der Waals surface area contributed by atoms with Crippen LogP contribution in [0.2, 0.25) is 0 Å². The fraction of sp³-hybridized carbons (Fsp3) is 0.577. The summed E-state index contributed by atoms with van der Waals surface area (Å²) >= 11 is 0. The van der Waals surface area contributed by atoms with Crippen LogP contribution in [0.5, 0.6) is 0 Å². The molecule has 1 aliphatic rings. The number of aryl methyl sites for hydroxylation is 1. The van der Waals surface area contributed by atoms with E-state index >= 15 is 0 Å². The summed E-state index contributed by atoms with van der Waals surface area (Å²) in [6, 6.07) is 7.41. The molecule has 3 amide bonds. The van der Waals surface area contributed by atoms with E-state index in [2.05, 4.69) is 33.5 Å². The Labute approximate surface area is 201 Å². The van der Waals surface area contributed by atoms with Gasteiger partial charge in [0.1, 0.15) is 6.04 Å². The number of hydrogen-bond acceptors (Lipinski definition) is 4. The summed E-state index contributed by atoms with van der Waals surface area (Å²) in [6.07, 6.45) is 8.18. The maximum absolute atomic E-state index is 13.2. The molecular weight excluding hydrogens is 432 g/mol. The minimum atomic E-state index is -0.749. The molecule has 1 aliphatic heterocycles. The zero-order chi connectivity index (χ0) is 24.5. The van der Waals surface area contributed by atoms with Gasteiger partial charge in [-0.3, -0.25) is 19.6 Å². The lowest BCUT2D eigenvalue weighted by atomic mass is 9.92. The highest BCUT2D eigenvalue weighted by atomic mass is 16.5. The second-order valence-electron chi connectivity index (χ2n) is 9.75. The van der Waals surface area contributed by atoms with E-state index in [1.165, 1.54) is 0 Å². The van der Waals surface area contributed by atoms with Gasteiger partial charge in [0.15, 0.2) is 0 Å². The maximum atomic E-state index is 13.2. The number of hydroxylamine groups is 1. The van der Waals surface area contributed by atoms with Gasteiger partial charge in [-0.05, 0) is 36.8 Å². The van der Waals surface area contributed by atoms with Crippen LogP contribution in [0.25, 0.3) is 10.9 Å². The third-order valence-electron chi connectivity index (χ3n) is 6.49. The van der Waals surface area contributed by atoms with Gasteiger partial charge in [0.2, 0.25) is 17.7 Å². The summed E-state index contributed by atoms with van der Waals surface area (Å²) in [5.74, 6) is -1.62. The zero-order valence-electron chi connectivity index (χ0n) is 20.3. The van der Waals surface area contributed by atoms with Crippen LogP contribution >= 0.6 is 0 Å². The van der Waals surface area contributed by atoms with Gasteiger partial charge in [-0.1, -0.05) is 51.3 Å². The average Bonchev–Trinajstić information content (AvgIpc) is 3.16. The number of benzene rings is 1. The van der Waals surface area contributed by atoms with Crippen LogP contribution in [0.3, 0.4) is 0 Å². The lowest BCUT2D eigenvalue weighted by Crippen LogP contribution is -2.50. The van der Waals surface area contributed by atoms with Crippen molar-refractivity contribution in [1.82, 2.24) is 20.7 Å². The second-order valence-corrected chi connectivity index (χ2v) is 9.75. The molecule has 4 N–H and O–H groups in total. The number of rotatable bonds is 6. The average molecular weight is 471 g/mol. The Kier molecular flexibility index (Phi) is 9.51. The lowest BCUT2D eigenvalue weighted by Gasteiger charge is -2.23. The smallest absolute Gasteiger partial charge is 0.244 e. The predicted molar refractivity (Wildman–Crippen MR) is 131 cm³/mol. The number of fused-ring (bicyclic) bond motifs is 5. The molecule has 2 bridgehead atoms. The third-order valence-corrected chi connectivity index (χ3v) is 6.49. The Morgan fingerprint density at radius 3 is 2.65 bits per heavy atom. The molecule has 186 valence electrons. The van der Waals surface area contributed by atoms with Crippen LogP contribution in [0.1, 0.15) is 64.4 Å². The van der Waals surface area contributed by atoms with Gasteiger partial charge in [0.05, 0.1) is 0 Å². The minimum absolute atomic E-state index is 0.131. The van der Waals surface area contributed by atoms with E-state index in [1.807, 2.05) is 26.0 Å². The topological polar surface area (TPSA) is 112 Å². The Morgan fingerprint density at radius 1 is 1.15 bits per heavy atom. The number of nitrogens with one attached hydrogen (secondary N) is 3. The molecule has 0 aliphatic carbocycles. The number of nitrogens with zero attached hydrogens (tertiary/aromatic N) is 1. The fourth-order valence-corrected chi connectivity index (χ4v) is 4.78. The number of amides is 3. The summed E-state index contributed by atoms with van der Waals surface area (Å²) in [6.45, 7) is 5.45. The van der Waals surface area contributed by atoms with Crippen molar-refractivity contribution in [3.05, 3.63) is 36.0 Å². The van der Waals surface area contributed by atoms with Crippen molar-refractivity contribution in [1.29, 1.82) is 0 Å². The molecule has 2 atom stereocenters. The molecule has 3 rings (SSSR count). The number of hydrogen-bond donors (Lipinski definition) is 4. The second kappa shape index (κ2) is 12.6. The fourth-order valence-electron chi connectivity index (χ4n) is 4.78. The summed E-state index contributed by atoms with van der Waals surface area (Å²) in [5.41, 5.74) is 3.76. The van der Waals surface area contributed by atoms with Crippen LogP contribution in [-0.2, 0) is 27.3 Å². The van der Waals surface area contributed by atoms with E-state index in [0.29, 0.717) is 19.4 Å². The Balaban J connectivity index is 1.88. The van der Waals surface area contributed by atoms with Crippen molar-refractivity contribution in [3.8, 4) is 0 Å². The highest BCUT2D eigenvalue weighted by Gasteiger charge is 2.29. The molecule has 2 aromatic rings. The van der Waals surface area contributed by atoms with Crippen LogP contribution in [0.15, 0.2) is 30.5 Å². The van der Waals surface area contributed by atoms with Crippen LogP contribution in [0, 0.1) is 11.8 Å². The van der Waals surface area contributed by atoms with Gasteiger partial charge in [0.25, 0.3) is 0 Å². The van der Waals surface area contributed by atoms with Crippen LogP contribution < -0.4 is 16.1 Å². The Hall–Kier alpha value is -2.87. The molecule has 8 nitrogen and oxygen atoms in total. The van der Waals surface area contributed by atoms with Crippen molar-refractivity contribution in [2.75, 3.05) is 6.54 Å². The highest BCUT2D eigenvalue weighted by Crippen LogP contribution is 2.24. The Bertz CT molecular complexity index is 984. The van der Waals surface area contributed by atoms with E-state index in [4.69, 9.17) is 5.21 Å². The first kappa shape index (κ1) is 25.7. The standard InChI is InChI=1S/C26H38N4O4/c1-18(2)14-19(16-24(31)29-34)25(32)28-22-15-20-17-30(23-11-7-6-10-21(20)23)13-9-5-3-4-8-12-27-26(22)33/h6-7,10-11,17-19,22,34H,3-5,8-9,12-16H2,1-2H3,(H,27,33)(H,28,32)(H,29,31)/t19?,22-/m0/s1. The van der Waals surface area contributed by atoms with Gasteiger partial charge in [-0.25, -0.2) is 5.48 Å². The molecule has 0 radical (unpaired) electrons. The van der Waals surface area contributed by atoms with Crippen molar-refractivity contribution in [2.24, 2.45) is 11.8 Å². The van der Waals surface area contributed by atoms with Gasteiger partial charge in [-0.2, -0.15) is 0 Å². The molecule has 0 saturated heterocycles. The molecule has 1 aromatic heterocycles. The molecule has 1 aromatic carbocycles. The van der Waals surface area contributed by atoms with Crippen molar-refractivity contribution in [3.63, 3.8) is 0 Å². The van der Waals surface area contributed by atoms with E-state index in [0.717, 1.165) is 55.1 Å². The first-order chi connectivity index (χ1) is 16.4. The van der Waals surface area contributed by atoms with E-state index < -0.39 is 17.9 Å². The normalized spacial score (nSPS) is 18.7. The van der Waals surface area contributed by atoms with Crippen LogP contribution in [-0.4, -0.2) is 40.1 Å². The van der Waals surface area contributed by atoms with E-state index in [9.17, 15) is 14.4 Å². The summed E-state index contributed by atoms with van der Waals surface area (Å²) in [7, 11) is 0. The van der Waals surface area contributed by atoms with Crippen molar-refractivity contribution < 1.29 is 19.6 Å². The zero-order valence-corrected chi connectivity index (χ0v) is 20.3. The quantitative estimate of drug-likeness (QED) is 0.383.